The van der Waals surface area contributed by atoms with Crippen LogP contribution in [0.4, 0.5) is 17.2 Å². The Hall–Kier alpha value is -2.60. The van der Waals surface area contributed by atoms with Crippen molar-refractivity contribution in [1.29, 1.82) is 0 Å². The zero-order chi connectivity index (χ0) is 20.5. The van der Waals surface area contributed by atoms with Gasteiger partial charge in [0.2, 0.25) is 0 Å². The molecule has 28 heavy (non-hydrogen) atoms. The normalized spacial score (nSPS) is 10.8. The lowest BCUT2D eigenvalue weighted by atomic mass is 10.1. The maximum absolute atomic E-state index is 12.7. The fourth-order valence-corrected chi connectivity index (χ4v) is 3.05. The molecule has 0 saturated heterocycles. The van der Waals surface area contributed by atoms with Crippen molar-refractivity contribution in [3.8, 4) is 0 Å². The number of amides is 1. The molecule has 0 aliphatic heterocycles. The number of carbonyl (C=O) groups is 1. The van der Waals surface area contributed by atoms with Crippen molar-refractivity contribution in [3.63, 3.8) is 0 Å². The maximum Gasteiger partial charge on any atom is 0.255 e. The Morgan fingerprint density at radius 1 is 1.11 bits per heavy atom. The summed E-state index contributed by atoms with van der Waals surface area (Å²) < 4.78 is 0. The second-order valence-electron chi connectivity index (χ2n) is 7.14. The van der Waals surface area contributed by atoms with E-state index < -0.39 is 0 Å². The summed E-state index contributed by atoms with van der Waals surface area (Å²) in [7, 11) is 4.11. The minimum absolute atomic E-state index is 0.127. The molecule has 2 rings (SSSR count). The number of nitrogens with zero attached hydrogens (tertiary/aromatic N) is 3. The van der Waals surface area contributed by atoms with Crippen LogP contribution in [-0.4, -0.2) is 56.1 Å². The molecule has 0 bridgehead atoms. The predicted molar refractivity (Wildman–Crippen MR) is 119 cm³/mol. The summed E-state index contributed by atoms with van der Waals surface area (Å²) in [6.45, 7) is 10.1. The Bertz CT molecular complexity index is 771. The molecule has 0 unspecified atom stereocenters. The highest BCUT2D eigenvalue weighted by atomic mass is 16.1. The van der Waals surface area contributed by atoms with Crippen molar-refractivity contribution < 1.29 is 4.79 Å². The van der Waals surface area contributed by atoms with E-state index in [1.54, 1.807) is 18.3 Å². The second-order valence-corrected chi connectivity index (χ2v) is 7.14. The topological polar surface area (TPSA) is 60.5 Å². The van der Waals surface area contributed by atoms with E-state index in [9.17, 15) is 4.79 Å². The molecule has 1 aromatic heterocycles. The number of hydrogen-bond donors (Lipinski definition) is 2. The quantitative estimate of drug-likeness (QED) is 0.610. The van der Waals surface area contributed by atoms with Gasteiger partial charge in [-0.05, 0) is 83.7 Å². The number of aromatic nitrogens is 1. The van der Waals surface area contributed by atoms with Crippen molar-refractivity contribution >= 4 is 23.1 Å². The lowest BCUT2D eigenvalue weighted by Gasteiger charge is -2.22. The van der Waals surface area contributed by atoms with Crippen LogP contribution in [0, 0.1) is 6.92 Å². The highest BCUT2D eigenvalue weighted by Crippen LogP contribution is 2.23. The van der Waals surface area contributed by atoms with Crippen LogP contribution in [0.25, 0.3) is 0 Å². The zero-order valence-electron chi connectivity index (χ0n) is 17.7. The van der Waals surface area contributed by atoms with Gasteiger partial charge in [0.05, 0.1) is 0 Å². The van der Waals surface area contributed by atoms with E-state index in [4.69, 9.17) is 0 Å². The van der Waals surface area contributed by atoms with Gasteiger partial charge in [-0.1, -0.05) is 0 Å². The van der Waals surface area contributed by atoms with Crippen molar-refractivity contribution in [1.82, 2.24) is 9.88 Å². The smallest absolute Gasteiger partial charge is 0.255 e. The van der Waals surface area contributed by atoms with E-state index in [1.807, 2.05) is 13.0 Å². The van der Waals surface area contributed by atoms with Crippen LogP contribution in [0.1, 0.15) is 36.2 Å². The minimum Gasteiger partial charge on any atom is -0.372 e. The van der Waals surface area contributed by atoms with Crippen LogP contribution in [-0.2, 0) is 0 Å². The first-order chi connectivity index (χ1) is 13.4. The van der Waals surface area contributed by atoms with Gasteiger partial charge >= 0.3 is 0 Å². The molecule has 1 aromatic carbocycles. The molecular formula is C22H33N5O. The van der Waals surface area contributed by atoms with Gasteiger partial charge in [-0.3, -0.25) is 4.79 Å². The summed E-state index contributed by atoms with van der Waals surface area (Å²) in [5.41, 5.74) is 3.65. The van der Waals surface area contributed by atoms with Gasteiger partial charge in [-0.25, -0.2) is 4.98 Å². The van der Waals surface area contributed by atoms with Crippen LogP contribution in [0.5, 0.6) is 0 Å². The first-order valence-electron chi connectivity index (χ1n) is 9.96. The third-order valence-corrected chi connectivity index (χ3v) is 4.70. The predicted octanol–water partition coefficient (Wildman–Crippen LogP) is 3.85. The molecule has 1 amide bonds. The molecule has 6 heteroatoms. The van der Waals surface area contributed by atoms with Gasteiger partial charge in [-0.15, -0.1) is 0 Å². The van der Waals surface area contributed by atoms with Crippen LogP contribution in [0.3, 0.4) is 0 Å². The molecule has 0 saturated carbocycles. The van der Waals surface area contributed by atoms with E-state index in [0.29, 0.717) is 5.56 Å². The Morgan fingerprint density at radius 3 is 2.50 bits per heavy atom. The molecule has 6 nitrogen and oxygen atoms in total. The summed E-state index contributed by atoms with van der Waals surface area (Å²) in [6.07, 6.45) is 2.68. The van der Waals surface area contributed by atoms with Gasteiger partial charge in [0.25, 0.3) is 5.91 Å². The van der Waals surface area contributed by atoms with Crippen LogP contribution >= 0.6 is 0 Å². The summed E-state index contributed by atoms with van der Waals surface area (Å²) in [4.78, 5) is 21.4. The summed E-state index contributed by atoms with van der Waals surface area (Å²) in [6, 6.07) is 9.68. The first-order valence-corrected chi connectivity index (χ1v) is 9.96. The third kappa shape index (κ3) is 6.23. The number of benzene rings is 1. The Labute approximate surface area is 169 Å². The van der Waals surface area contributed by atoms with Crippen LogP contribution in [0.2, 0.25) is 0 Å². The number of aryl methyl sites for hydroxylation is 1. The molecule has 0 radical (unpaired) electrons. The molecule has 0 aliphatic rings. The van der Waals surface area contributed by atoms with E-state index in [2.05, 4.69) is 65.5 Å². The van der Waals surface area contributed by atoms with E-state index >= 15 is 0 Å². The van der Waals surface area contributed by atoms with E-state index in [1.165, 1.54) is 5.69 Å². The SMILES string of the molecule is CCN(CC)c1ccc(NC(=O)c2ccnc(NCCCN(C)C)c2)c(C)c1. The van der Waals surface area contributed by atoms with E-state index in [0.717, 1.165) is 49.7 Å². The second kappa shape index (κ2) is 10.7. The molecule has 2 aromatic rings. The molecule has 0 fully saturated rings. The highest BCUT2D eigenvalue weighted by Gasteiger charge is 2.10. The number of rotatable bonds is 10. The summed E-state index contributed by atoms with van der Waals surface area (Å²) >= 11 is 0. The standard InChI is InChI=1S/C22H33N5O/c1-6-27(7-2)19-9-10-20(17(3)15-19)25-22(28)18-11-13-24-21(16-18)23-12-8-14-26(4)5/h9-11,13,15-16H,6-8,12,14H2,1-5H3,(H,23,24)(H,25,28). The summed E-state index contributed by atoms with van der Waals surface area (Å²) in [5.74, 6) is 0.595. The minimum atomic E-state index is -0.127. The number of carbonyl (C=O) groups excluding carboxylic acids is 1. The van der Waals surface area contributed by atoms with Gasteiger partial charge in [0.1, 0.15) is 5.82 Å². The van der Waals surface area contributed by atoms with Crippen molar-refractivity contribution in [2.75, 3.05) is 55.8 Å². The number of hydrogen-bond acceptors (Lipinski definition) is 5. The molecule has 0 atom stereocenters. The Balaban J connectivity index is 2.01. The number of pyridine rings is 1. The average molecular weight is 384 g/mol. The van der Waals surface area contributed by atoms with Crippen molar-refractivity contribution in [2.24, 2.45) is 0 Å². The lowest BCUT2D eigenvalue weighted by Crippen LogP contribution is -2.22. The molecule has 0 aliphatic carbocycles. The van der Waals surface area contributed by atoms with Gasteiger partial charge < -0.3 is 20.4 Å². The van der Waals surface area contributed by atoms with Gasteiger partial charge in [0, 0.05) is 42.8 Å². The van der Waals surface area contributed by atoms with E-state index in [-0.39, 0.29) is 5.91 Å². The lowest BCUT2D eigenvalue weighted by molar-refractivity contribution is 0.102. The molecule has 152 valence electrons. The third-order valence-electron chi connectivity index (χ3n) is 4.70. The molecule has 0 spiro atoms. The van der Waals surface area contributed by atoms with Crippen LogP contribution < -0.4 is 15.5 Å². The van der Waals surface area contributed by atoms with Gasteiger partial charge in [-0.2, -0.15) is 0 Å². The van der Waals surface area contributed by atoms with Gasteiger partial charge in [0.15, 0.2) is 0 Å². The fraction of sp³-hybridized carbons (Fsp3) is 0.455. The molecular weight excluding hydrogens is 350 g/mol. The fourth-order valence-electron chi connectivity index (χ4n) is 3.05. The first kappa shape index (κ1) is 21.7. The monoisotopic (exact) mass is 383 g/mol. The molecule has 1 heterocycles. The van der Waals surface area contributed by atoms with Crippen molar-refractivity contribution in [2.45, 2.75) is 27.2 Å². The maximum atomic E-state index is 12.7. The largest absolute Gasteiger partial charge is 0.372 e. The van der Waals surface area contributed by atoms with Crippen molar-refractivity contribution in [3.05, 3.63) is 47.7 Å². The number of anilines is 3. The Kier molecular flexibility index (Phi) is 8.26. The average Bonchev–Trinajstić information content (AvgIpc) is 2.68. The highest BCUT2D eigenvalue weighted by molar-refractivity contribution is 6.05. The zero-order valence-corrected chi connectivity index (χ0v) is 17.7. The summed E-state index contributed by atoms with van der Waals surface area (Å²) in [5, 5.41) is 6.30. The molecule has 2 N–H and O–H groups in total. The number of nitrogens with one attached hydrogen (secondary N) is 2. The Morgan fingerprint density at radius 2 is 1.86 bits per heavy atom. The van der Waals surface area contributed by atoms with Crippen LogP contribution in [0.15, 0.2) is 36.5 Å².